The molecule has 3 aliphatic carbocycles. The molecule has 0 radical (unpaired) electrons. The fraction of sp³-hybridized carbons (Fsp3) is 0.885. The summed E-state index contributed by atoms with van der Waals surface area (Å²) in [4.78, 5) is 11.9. The highest BCUT2D eigenvalue weighted by Gasteiger charge is 2.65. The Hall–Kier alpha value is -1.13. The van der Waals surface area contributed by atoms with E-state index >= 15 is 0 Å². The van der Waals surface area contributed by atoms with E-state index in [1.165, 1.54) is 6.92 Å². The first-order valence-electron chi connectivity index (χ1n) is 12.5. The molecule has 0 aromatic heterocycles. The standard InChI is InChI=1S/C26H38O6/c1-5-26(32-17(2)27)11-9-21-19-6-7-22-20(18(19)8-10-24(21,26)3)16-23-25(4,30-14-12-28-22)31-15-13-29-23/h1,18-23H,6-16H2,2-4H3/t18-,19+,20+,21-,22?,23?,24-,25?,26-/m0/s1. The van der Waals surface area contributed by atoms with Crippen molar-refractivity contribution in [1.29, 1.82) is 0 Å². The van der Waals surface area contributed by atoms with Gasteiger partial charge in [-0.25, -0.2) is 0 Å². The SMILES string of the molecule is C#C[C@]1(OC(C)=O)CC[C@H]2[C@@H]3CCC4OCCOC5(C)OCCOC5C[C@@H]4[C@H]3CC[C@@]21C. The van der Waals surface area contributed by atoms with Crippen LogP contribution in [0.3, 0.4) is 0 Å². The maximum absolute atomic E-state index is 11.9. The van der Waals surface area contributed by atoms with Crippen LogP contribution in [0.15, 0.2) is 0 Å². The topological polar surface area (TPSA) is 63.2 Å². The molecule has 32 heavy (non-hydrogen) atoms. The minimum atomic E-state index is -0.771. The van der Waals surface area contributed by atoms with Crippen LogP contribution < -0.4 is 0 Å². The number of rotatable bonds is 1. The molecule has 2 saturated heterocycles. The van der Waals surface area contributed by atoms with Crippen LogP contribution in [0, 0.1) is 41.4 Å². The summed E-state index contributed by atoms with van der Waals surface area (Å²) in [6.07, 6.45) is 13.2. The van der Waals surface area contributed by atoms with E-state index in [0.717, 1.165) is 44.9 Å². The number of terminal acetylenes is 1. The smallest absolute Gasteiger partial charge is 0.304 e. The fourth-order valence-corrected chi connectivity index (χ4v) is 8.11. The predicted molar refractivity (Wildman–Crippen MR) is 118 cm³/mol. The summed E-state index contributed by atoms with van der Waals surface area (Å²) in [7, 11) is 0. The van der Waals surface area contributed by atoms with Gasteiger partial charge in [0.25, 0.3) is 0 Å². The Morgan fingerprint density at radius 1 is 0.938 bits per heavy atom. The van der Waals surface area contributed by atoms with Gasteiger partial charge in [0.2, 0.25) is 0 Å². The van der Waals surface area contributed by atoms with Gasteiger partial charge in [0, 0.05) is 12.3 Å². The molecule has 0 spiro atoms. The molecule has 0 N–H and O–H groups in total. The van der Waals surface area contributed by atoms with E-state index in [1.807, 2.05) is 6.92 Å². The maximum atomic E-state index is 11.9. The maximum Gasteiger partial charge on any atom is 0.304 e. The number of ether oxygens (including phenoxy) is 5. The fourth-order valence-electron chi connectivity index (χ4n) is 8.11. The van der Waals surface area contributed by atoms with E-state index in [9.17, 15) is 4.79 Å². The molecule has 6 heteroatoms. The Kier molecular flexibility index (Phi) is 5.85. The monoisotopic (exact) mass is 446 g/mol. The summed E-state index contributed by atoms with van der Waals surface area (Å²) in [6, 6.07) is 0. The molecule has 5 fully saturated rings. The van der Waals surface area contributed by atoms with Crippen molar-refractivity contribution in [1.82, 2.24) is 0 Å². The zero-order chi connectivity index (χ0) is 22.6. The summed E-state index contributed by atoms with van der Waals surface area (Å²) in [5, 5.41) is 0. The Labute approximate surface area is 192 Å². The third-order valence-corrected chi connectivity index (χ3v) is 9.64. The first-order chi connectivity index (χ1) is 15.3. The van der Waals surface area contributed by atoms with Gasteiger partial charge in [-0.15, -0.1) is 6.42 Å². The van der Waals surface area contributed by atoms with Crippen LogP contribution in [-0.4, -0.2) is 56.0 Å². The average molecular weight is 447 g/mol. The largest absolute Gasteiger partial charge is 0.445 e. The highest BCUT2D eigenvalue weighted by Crippen LogP contribution is 2.65. The minimum Gasteiger partial charge on any atom is -0.445 e. The van der Waals surface area contributed by atoms with Crippen LogP contribution in [0.2, 0.25) is 0 Å². The summed E-state index contributed by atoms with van der Waals surface area (Å²) in [6.45, 7) is 8.08. The van der Waals surface area contributed by atoms with E-state index in [-0.39, 0.29) is 23.6 Å². The Balaban J connectivity index is 1.42. The van der Waals surface area contributed by atoms with Gasteiger partial charge in [-0.05, 0) is 75.5 Å². The Morgan fingerprint density at radius 2 is 1.69 bits per heavy atom. The molecule has 9 atom stereocenters. The number of hydrogen-bond donors (Lipinski definition) is 0. The lowest BCUT2D eigenvalue weighted by atomic mass is 9.51. The van der Waals surface area contributed by atoms with Crippen molar-refractivity contribution in [3.8, 4) is 12.3 Å². The third-order valence-electron chi connectivity index (χ3n) is 9.64. The summed E-state index contributed by atoms with van der Waals surface area (Å²) in [5.74, 6) is 4.00. The van der Waals surface area contributed by atoms with E-state index in [1.54, 1.807) is 0 Å². The van der Waals surface area contributed by atoms with Crippen molar-refractivity contribution in [3.05, 3.63) is 0 Å². The number of fused-ring (bicyclic) bond motifs is 6. The van der Waals surface area contributed by atoms with Crippen LogP contribution >= 0.6 is 0 Å². The normalized spacial score (nSPS) is 50.8. The second-order valence-corrected chi connectivity index (χ2v) is 11.0. The van der Waals surface area contributed by atoms with Gasteiger partial charge in [-0.3, -0.25) is 4.79 Å². The molecule has 2 heterocycles. The van der Waals surface area contributed by atoms with Gasteiger partial charge < -0.3 is 23.7 Å². The lowest BCUT2D eigenvalue weighted by Gasteiger charge is -2.56. The van der Waals surface area contributed by atoms with E-state index in [0.29, 0.717) is 50.1 Å². The lowest BCUT2D eigenvalue weighted by molar-refractivity contribution is -0.318. The minimum absolute atomic E-state index is 0.0769. The van der Waals surface area contributed by atoms with Crippen LogP contribution in [0.1, 0.15) is 65.7 Å². The molecule has 6 nitrogen and oxygen atoms in total. The Morgan fingerprint density at radius 3 is 2.41 bits per heavy atom. The van der Waals surface area contributed by atoms with Crippen molar-refractivity contribution in [2.45, 2.75) is 89.3 Å². The molecule has 0 aromatic rings. The quantitative estimate of drug-likeness (QED) is 0.452. The molecular formula is C26H38O6. The lowest BCUT2D eigenvalue weighted by Crippen LogP contribution is -2.56. The van der Waals surface area contributed by atoms with Gasteiger partial charge in [-0.2, -0.15) is 0 Å². The molecule has 0 amide bonds. The van der Waals surface area contributed by atoms with Crippen molar-refractivity contribution >= 4 is 5.97 Å². The second-order valence-electron chi connectivity index (χ2n) is 11.0. The first kappa shape index (κ1) is 22.7. The molecule has 3 unspecified atom stereocenters. The molecule has 0 bridgehead atoms. The van der Waals surface area contributed by atoms with Crippen molar-refractivity contribution in [2.24, 2.45) is 29.1 Å². The molecule has 5 rings (SSSR count). The average Bonchev–Trinajstić information content (AvgIpc) is 3.08. The van der Waals surface area contributed by atoms with Crippen molar-refractivity contribution in [2.75, 3.05) is 26.4 Å². The number of carbonyl (C=O) groups excluding carboxylic acids is 1. The molecule has 0 aromatic carbocycles. The molecule has 5 aliphatic rings. The molecular weight excluding hydrogens is 408 g/mol. The van der Waals surface area contributed by atoms with Gasteiger partial charge >= 0.3 is 5.97 Å². The van der Waals surface area contributed by atoms with Crippen molar-refractivity contribution < 1.29 is 28.5 Å². The zero-order valence-corrected chi connectivity index (χ0v) is 19.8. The highest BCUT2D eigenvalue weighted by atomic mass is 16.7. The van der Waals surface area contributed by atoms with Gasteiger partial charge in [-0.1, -0.05) is 12.8 Å². The van der Waals surface area contributed by atoms with Crippen molar-refractivity contribution in [3.63, 3.8) is 0 Å². The van der Waals surface area contributed by atoms with Crippen LogP contribution in [0.4, 0.5) is 0 Å². The Bertz CT molecular complexity index is 777. The zero-order valence-electron chi connectivity index (χ0n) is 19.8. The summed E-state index contributed by atoms with van der Waals surface area (Å²) >= 11 is 0. The summed E-state index contributed by atoms with van der Waals surface area (Å²) < 4.78 is 30.7. The number of hydrogen-bond acceptors (Lipinski definition) is 6. The van der Waals surface area contributed by atoms with E-state index < -0.39 is 11.4 Å². The predicted octanol–water partition coefficient (Wildman–Crippen LogP) is 3.71. The number of esters is 1. The molecule has 2 aliphatic heterocycles. The van der Waals surface area contributed by atoms with Crippen LogP contribution in [0.5, 0.6) is 0 Å². The number of carbonyl (C=O) groups is 1. The van der Waals surface area contributed by atoms with E-state index in [2.05, 4.69) is 12.8 Å². The van der Waals surface area contributed by atoms with Crippen LogP contribution in [0.25, 0.3) is 0 Å². The molecule has 178 valence electrons. The third kappa shape index (κ3) is 3.43. The van der Waals surface area contributed by atoms with E-state index in [4.69, 9.17) is 30.1 Å². The van der Waals surface area contributed by atoms with Crippen LogP contribution in [-0.2, 0) is 28.5 Å². The van der Waals surface area contributed by atoms with Gasteiger partial charge in [0.1, 0.15) is 6.10 Å². The highest BCUT2D eigenvalue weighted by molar-refractivity contribution is 5.67. The summed E-state index contributed by atoms with van der Waals surface area (Å²) in [5.41, 5.74) is -0.935. The molecule has 3 saturated carbocycles. The van der Waals surface area contributed by atoms with Gasteiger partial charge in [0.05, 0.1) is 32.5 Å². The first-order valence-corrected chi connectivity index (χ1v) is 12.5. The van der Waals surface area contributed by atoms with Gasteiger partial charge in [0.15, 0.2) is 11.4 Å². The second kappa shape index (κ2) is 8.27.